The molecule has 48 valence electrons. The van der Waals surface area contributed by atoms with Gasteiger partial charge in [-0.1, -0.05) is 0 Å². The maximum atomic E-state index is 10.6. The molecule has 0 spiro atoms. The maximum absolute atomic E-state index is 10.6. The molecule has 0 aromatic heterocycles. The summed E-state index contributed by atoms with van der Waals surface area (Å²) in [7, 11) is 1.76. The highest BCUT2D eigenvalue weighted by Crippen LogP contribution is 2.23. The lowest BCUT2D eigenvalue weighted by Crippen LogP contribution is -2.36. The zero-order valence-electron chi connectivity index (χ0n) is 4.66. The average molecular weight is 339 g/mol. The quantitative estimate of drug-likeness (QED) is 0.467. The number of rotatable bonds is 2. The minimum Gasteiger partial charge on any atom is -0.296 e. The fourth-order valence-electron chi connectivity index (χ4n) is 0.176. The third-order valence-corrected chi connectivity index (χ3v) is 3.35. The van der Waals surface area contributed by atoms with Crippen molar-refractivity contribution in [2.75, 3.05) is 7.05 Å². The van der Waals surface area contributed by atoms with E-state index in [9.17, 15) is 4.79 Å². The number of nitrogens with one attached hydrogen (secondary N) is 1. The van der Waals surface area contributed by atoms with Crippen molar-refractivity contribution in [3.8, 4) is 0 Å². The number of ketones is 1. The van der Waals surface area contributed by atoms with Crippen molar-refractivity contribution >= 4 is 51.0 Å². The molecule has 0 aliphatic rings. The number of carbonyl (C=O) groups excluding carboxylic acids is 1. The van der Waals surface area contributed by atoms with Gasteiger partial charge in [-0.25, -0.2) is 0 Å². The van der Waals surface area contributed by atoms with Crippen LogP contribution in [0, 0.1) is 0 Å². The molecule has 0 bridgehead atoms. The summed E-state index contributed by atoms with van der Waals surface area (Å²) in [5.74, 6) is 0.140. The molecule has 0 saturated heterocycles. The first-order chi connectivity index (χ1) is 3.50. The van der Waals surface area contributed by atoms with Crippen molar-refractivity contribution < 1.29 is 4.79 Å². The molecule has 0 heterocycles. The van der Waals surface area contributed by atoms with E-state index in [4.69, 9.17) is 0 Å². The smallest absolute Gasteiger partial charge is 0.180 e. The van der Waals surface area contributed by atoms with Gasteiger partial charge in [-0.3, -0.25) is 10.1 Å². The molecule has 0 aromatic rings. The van der Waals surface area contributed by atoms with Crippen molar-refractivity contribution in [3.05, 3.63) is 0 Å². The highest BCUT2D eigenvalue weighted by atomic mass is 127. The standard InChI is InChI=1S/C4H7I2NO/c1-3(8)4(5,6)7-2/h7H,1-2H3. The molecule has 0 atom stereocenters. The molecule has 0 aliphatic heterocycles. The van der Waals surface area contributed by atoms with E-state index in [1.807, 2.05) is 0 Å². The van der Waals surface area contributed by atoms with Crippen LogP contribution in [0.1, 0.15) is 6.92 Å². The summed E-state index contributed by atoms with van der Waals surface area (Å²) in [6.07, 6.45) is 0. The van der Waals surface area contributed by atoms with Gasteiger partial charge in [0, 0.05) is 0 Å². The lowest BCUT2D eigenvalue weighted by atomic mass is 10.4. The van der Waals surface area contributed by atoms with Crippen LogP contribution in [0.3, 0.4) is 0 Å². The Kier molecular flexibility index (Phi) is 3.76. The Bertz CT molecular complexity index is 102. The molecule has 1 N–H and O–H groups in total. The Labute approximate surface area is 76.1 Å². The van der Waals surface area contributed by atoms with E-state index >= 15 is 0 Å². The minimum absolute atomic E-state index is 0.140. The van der Waals surface area contributed by atoms with Crippen LogP contribution < -0.4 is 5.32 Å². The van der Waals surface area contributed by atoms with Gasteiger partial charge in [-0.15, -0.1) is 0 Å². The topological polar surface area (TPSA) is 29.1 Å². The molecular weight excluding hydrogens is 332 g/mol. The second-order valence-electron chi connectivity index (χ2n) is 1.38. The molecule has 0 rings (SSSR count). The normalized spacial score (nSPS) is 11.5. The minimum atomic E-state index is -0.407. The van der Waals surface area contributed by atoms with Crippen LogP contribution in [0.4, 0.5) is 0 Å². The summed E-state index contributed by atoms with van der Waals surface area (Å²) in [5, 5.41) is 2.86. The monoisotopic (exact) mass is 339 g/mol. The molecule has 0 fully saturated rings. The zero-order chi connectivity index (χ0) is 6.78. The second-order valence-corrected chi connectivity index (χ2v) is 6.68. The van der Waals surface area contributed by atoms with Crippen molar-refractivity contribution in [1.82, 2.24) is 5.32 Å². The van der Waals surface area contributed by atoms with Crippen LogP contribution in [-0.4, -0.2) is 14.4 Å². The predicted octanol–water partition coefficient (Wildman–Crippen LogP) is 1.32. The summed E-state index contributed by atoms with van der Waals surface area (Å²) in [4.78, 5) is 10.6. The molecule has 2 nitrogen and oxygen atoms in total. The van der Waals surface area contributed by atoms with Crippen molar-refractivity contribution in [2.24, 2.45) is 0 Å². The Hall–Kier alpha value is 1.09. The van der Waals surface area contributed by atoms with Crippen molar-refractivity contribution in [3.63, 3.8) is 0 Å². The number of hydrogen-bond acceptors (Lipinski definition) is 2. The molecule has 0 radical (unpaired) electrons. The lowest BCUT2D eigenvalue weighted by Gasteiger charge is -2.14. The zero-order valence-corrected chi connectivity index (χ0v) is 8.98. The maximum Gasteiger partial charge on any atom is 0.180 e. The average Bonchev–Trinajstić information content (AvgIpc) is 1.67. The van der Waals surface area contributed by atoms with E-state index in [0.29, 0.717) is 0 Å². The van der Waals surface area contributed by atoms with Gasteiger partial charge in [0.05, 0.1) is 0 Å². The number of halogens is 2. The number of likely N-dealkylation sites (N-methyl/N-ethyl adjacent to an activating group) is 1. The number of hydrogen-bond donors (Lipinski definition) is 1. The summed E-state index contributed by atoms with van der Waals surface area (Å²) in [6, 6.07) is 0. The highest BCUT2D eigenvalue weighted by Gasteiger charge is 2.24. The number of Topliss-reactive ketones (excluding diaryl/α,β-unsaturated/α-hetero) is 1. The predicted molar refractivity (Wildman–Crippen MR) is 50.5 cm³/mol. The molecule has 8 heavy (non-hydrogen) atoms. The number of carbonyl (C=O) groups is 1. The Morgan fingerprint density at radius 1 is 1.62 bits per heavy atom. The van der Waals surface area contributed by atoms with E-state index in [2.05, 4.69) is 50.5 Å². The Balaban J connectivity index is 3.91. The fraction of sp³-hybridized carbons (Fsp3) is 0.750. The molecular formula is C4H7I2NO. The van der Waals surface area contributed by atoms with E-state index in [-0.39, 0.29) is 5.78 Å². The van der Waals surface area contributed by atoms with Gasteiger partial charge in [0.1, 0.15) is 0 Å². The van der Waals surface area contributed by atoms with E-state index in [1.165, 1.54) is 0 Å². The first-order valence-corrected chi connectivity index (χ1v) is 4.24. The van der Waals surface area contributed by atoms with Crippen LogP contribution in [-0.2, 0) is 4.79 Å². The van der Waals surface area contributed by atoms with Crippen LogP contribution >= 0.6 is 45.2 Å². The third-order valence-electron chi connectivity index (χ3n) is 0.756. The van der Waals surface area contributed by atoms with Crippen LogP contribution in [0.15, 0.2) is 0 Å². The first kappa shape index (κ1) is 9.09. The van der Waals surface area contributed by atoms with Crippen LogP contribution in [0.2, 0.25) is 0 Å². The highest BCUT2D eigenvalue weighted by molar-refractivity contribution is 14.2. The van der Waals surface area contributed by atoms with E-state index < -0.39 is 1.55 Å². The summed E-state index contributed by atoms with van der Waals surface area (Å²) < 4.78 is -0.407. The molecule has 0 aliphatic carbocycles. The van der Waals surface area contributed by atoms with Crippen molar-refractivity contribution in [2.45, 2.75) is 8.48 Å². The van der Waals surface area contributed by atoms with Gasteiger partial charge in [-0.05, 0) is 59.2 Å². The van der Waals surface area contributed by atoms with Gasteiger partial charge in [-0.2, -0.15) is 0 Å². The molecule has 4 heteroatoms. The second kappa shape index (κ2) is 3.31. The summed E-state index contributed by atoms with van der Waals surface area (Å²) >= 11 is 4.11. The van der Waals surface area contributed by atoms with E-state index in [0.717, 1.165) is 0 Å². The molecule has 0 aromatic carbocycles. The van der Waals surface area contributed by atoms with Gasteiger partial charge in [0.15, 0.2) is 7.34 Å². The fourth-order valence-corrected chi connectivity index (χ4v) is 0.176. The van der Waals surface area contributed by atoms with Gasteiger partial charge in [0.25, 0.3) is 0 Å². The molecule has 0 amide bonds. The van der Waals surface area contributed by atoms with Crippen molar-refractivity contribution in [1.29, 1.82) is 0 Å². The Morgan fingerprint density at radius 2 is 2.00 bits per heavy atom. The number of alkyl halides is 2. The molecule has 0 saturated carbocycles. The Morgan fingerprint density at radius 3 is 2.00 bits per heavy atom. The summed E-state index contributed by atoms with van der Waals surface area (Å²) in [5.41, 5.74) is 0. The van der Waals surface area contributed by atoms with Gasteiger partial charge >= 0.3 is 0 Å². The van der Waals surface area contributed by atoms with E-state index in [1.54, 1.807) is 14.0 Å². The molecule has 0 unspecified atom stereocenters. The lowest BCUT2D eigenvalue weighted by molar-refractivity contribution is -0.116. The van der Waals surface area contributed by atoms with Crippen LogP contribution in [0.25, 0.3) is 0 Å². The third kappa shape index (κ3) is 2.58. The largest absolute Gasteiger partial charge is 0.296 e. The first-order valence-electron chi connectivity index (χ1n) is 2.08. The SMILES string of the molecule is CNC(I)(I)C(C)=O. The summed E-state index contributed by atoms with van der Waals surface area (Å²) in [6.45, 7) is 1.56. The van der Waals surface area contributed by atoms with Gasteiger partial charge in [0.2, 0.25) is 0 Å². The van der Waals surface area contributed by atoms with Crippen LogP contribution in [0.5, 0.6) is 0 Å². The van der Waals surface area contributed by atoms with Gasteiger partial charge < -0.3 is 0 Å².